The Kier molecular flexibility index (Phi) is 9.86. The lowest BCUT2D eigenvalue weighted by molar-refractivity contribution is 0.0872. The highest BCUT2D eigenvalue weighted by molar-refractivity contribution is 6.34. The van der Waals surface area contributed by atoms with Crippen LogP contribution in [0.15, 0.2) is 60.8 Å². The Morgan fingerprint density at radius 2 is 1.82 bits per heavy atom. The first kappa shape index (κ1) is 32.5. The van der Waals surface area contributed by atoms with Gasteiger partial charge in [0.05, 0.1) is 28.4 Å². The van der Waals surface area contributed by atoms with Crippen molar-refractivity contribution in [2.75, 3.05) is 26.7 Å². The third kappa shape index (κ3) is 7.69. The van der Waals surface area contributed by atoms with Crippen LogP contribution in [-0.4, -0.2) is 65.9 Å². The minimum Gasteiger partial charge on any atom is -0.410 e. The molecule has 2 aromatic carbocycles. The summed E-state index contributed by atoms with van der Waals surface area (Å²) in [7, 11) is 1.63. The van der Waals surface area contributed by atoms with Crippen LogP contribution in [0.4, 0.5) is 9.18 Å². The maximum absolute atomic E-state index is 14.3. The zero-order valence-corrected chi connectivity index (χ0v) is 26.7. The number of benzene rings is 2. The number of Topliss-reactive ketones (excluding diaryl/α,β-unsaturated/α-hetero) is 1. The van der Waals surface area contributed by atoms with E-state index in [1.807, 2.05) is 39.0 Å². The Hall–Kier alpha value is -3.86. The molecule has 3 aromatic rings. The lowest BCUT2D eigenvalue weighted by Crippen LogP contribution is -2.43. The van der Waals surface area contributed by atoms with Crippen molar-refractivity contribution in [3.05, 3.63) is 94.0 Å². The number of amides is 2. The molecule has 0 spiro atoms. The summed E-state index contributed by atoms with van der Waals surface area (Å²) >= 11 is 6.73. The molecule has 2 unspecified atom stereocenters. The Bertz CT molecular complexity index is 1550. The SMILES string of the molecule is CN(C(=O)Oc1ccc(F)cc1)[C@@H]1CNC[C@H]1c1cc(C(=O)NC(C)(C)C)c(Cl)cc1C(=O)C1CCNC(c2ccccn2)C1. The molecule has 3 heterocycles. The summed E-state index contributed by atoms with van der Waals surface area (Å²) in [5, 5.41) is 9.96. The normalized spacial score (nSPS) is 21.6. The molecule has 0 aliphatic carbocycles. The van der Waals surface area contributed by atoms with E-state index in [-0.39, 0.29) is 45.9 Å². The highest BCUT2D eigenvalue weighted by Crippen LogP contribution is 2.37. The van der Waals surface area contributed by atoms with Gasteiger partial charge in [-0.05, 0) is 94.3 Å². The number of carbonyl (C=O) groups excluding carboxylic acids is 3. The predicted molar refractivity (Wildman–Crippen MR) is 170 cm³/mol. The molecule has 0 saturated carbocycles. The van der Waals surface area contributed by atoms with Crippen LogP contribution in [0, 0.1) is 11.7 Å². The van der Waals surface area contributed by atoms with Gasteiger partial charge in [0.15, 0.2) is 5.78 Å². The van der Waals surface area contributed by atoms with Crippen molar-refractivity contribution in [2.45, 2.75) is 57.2 Å². The topological polar surface area (TPSA) is 113 Å². The summed E-state index contributed by atoms with van der Waals surface area (Å²) < 4.78 is 18.9. The number of ketones is 1. The number of rotatable bonds is 7. The molecule has 4 atom stereocenters. The fourth-order valence-electron chi connectivity index (χ4n) is 6.07. The van der Waals surface area contributed by atoms with Crippen molar-refractivity contribution in [2.24, 2.45) is 5.92 Å². The van der Waals surface area contributed by atoms with Gasteiger partial charge in [-0.25, -0.2) is 9.18 Å². The van der Waals surface area contributed by atoms with Gasteiger partial charge in [-0.2, -0.15) is 0 Å². The minimum atomic E-state index is -0.621. The van der Waals surface area contributed by atoms with Gasteiger partial charge >= 0.3 is 6.09 Å². The molecular weight excluding hydrogens is 597 g/mol. The largest absolute Gasteiger partial charge is 0.415 e. The van der Waals surface area contributed by atoms with E-state index in [2.05, 4.69) is 20.9 Å². The van der Waals surface area contributed by atoms with E-state index in [0.717, 1.165) is 5.69 Å². The first-order chi connectivity index (χ1) is 21.4. The number of nitrogens with one attached hydrogen (secondary N) is 3. The van der Waals surface area contributed by atoms with Crippen LogP contribution in [0.2, 0.25) is 5.02 Å². The second-order valence-corrected chi connectivity index (χ2v) is 13.1. The van der Waals surface area contributed by atoms with Crippen molar-refractivity contribution in [3.63, 3.8) is 0 Å². The third-order valence-electron chi connectivity index (χ3n) is 8.34. The summed E-state index contributed by atoms with van der Waals surface area (Å²) in [5.41, 5.74) is 1.72. The number of halogens is 2. The highest BCUT2D eigenvalue weighted by atomic mass is 35.5. The zero-order chi connectivity index (χ0) is 32.3. The van der Waals surface area contributed by atoms with Crippen LogP contribution >= 0.6 is 11.6 Å². The van der Waals surface area contributed by atoms with Gasteiger partial charge in [-0.1, -0.05) is 17.7 Å². The lowest BCUT2D eigenvalue weighted by Gasteiger charge is -2.32. The smallest absolute Gasteiger partial charge is 0.410 e. The number of aromatic nitrogens is 1. The molecule has 238 valence electrons. The maximum atomic E-state index is 14.3. The van der Waals surface area contributed by atoms with Crippen molar-refractivity contribution >= 4 is 29.4 Å². The summed E-state index contributed by atoms with van der Waals surface area (Å²) in [5.74, 6) is -1.27. The molecule has 2 aliphatic heterocycles. The summed E-state index contributed by atoms with van der Waals surface area (Å²) in [6.45, 7) is 7.19. The van der Waals surface area contributed by atoms with E-state index in [0.29, 0.717) is 43.6 Å². The molecule has 5 rings (SSSR count). The molecule has 45 heavy (non-hydrogen) atoms. The summed E-state index contributed by atoms with van der Waals surface area (Å²) in [6.07, 6.45) is 2.33. The van der Waals surface area contributed by atoms with Gasteiger partial charge in [0, 0.05) is 49.3 Å². The number of pyridine rings is 1. The van der Waals surface area contributed by atoms with Gasteiger partial charge in [0.2, 0.25) is 0 Å². The number of hydrogen-bond acceptors (Lipinski definition) is 7. The van der Waals surface area contributed by atoms with E-state index >= 15 is 0 Å². The van der Waals surface area contributed by atoms with E-state index < -0.39 is 23.5 Å². The number of likely N-dealkylation sites (N-methyl/N-ethyl adjacent to an activating group) is 1. The fraction of sp³-hybridized carbons (Fsp3) is 0.412. The van der Waals surface area contributed by atoms with Crippen LogP contribution in [0.5, 0.6) is 5.75 Å². The van der Waals surface area contributed by atoms with Crippen LogP contribution in [0.3, 0.4) is 0 Å². The van der Waals surface area contributed by atoms with Gasteiger partial charge in [0.1, 0.15) is 11.6 Å². The van der Waals surface area contributed by atoms with Gasteiger partial charge in [-0.3, -0.25) is 14.6 Å². The monoisotopic (exact) mass is 635 g/mol. The van der Waals surface area contributed by atoms with Crippen LogP contribution in [0.1, 0.15) is 77.5 Å². The van der Waals surface area contributed by atoms with Crippen LogP contribution in [0.25, 0.3) is 0 Å². The van der Waals surface area contributed by atoms with E-state index in [9.17, 15) is 18.8 Å². The molecule has 2 aliphatic rings. The molecule has 0 radical (unpaired) electrons. The summed E-state index contributed by atoms with van der Waals surface area (Å²) in [6, 6.07) is 13.8. The third-order valence-corrected chi connectivity index (χ3v) is 8.66. The molecule has 2 saturated heterocycles. The average Bonchev–Trinajstić information content (AvgIpc) is 3.50. The molecular formula is C34H39ClFN5O4. The van der Waals surface area contributed by atoms with Crippen molar-refractivity contribution in [3.8, 4) is 5.75 Å². The predicted octanol–water partition coefficient (Wildman–Crippen LogP) is 5.51. The highest BCUT2D eigenvalue weighted by Gasteiger charge is 2.39. The number of ether oxygens (including phenoxy) is 1. The number of carbonyl (C=O) groups is 3. The van der Waals surface area contributed by atoms with E-state index in [1.165, 1.54) is 29.2 Å². The Labute approximate surface area is 267 Å². The Morgan fingerprint density at radius 3 is 2.51 bits per heavy atom. The minimum absolute atomic E-state index is 0.0562. The lowest BCUT2D eigenvalue weighted by atomic mass is 9.80. The molecule has 9 nitrogen and oxygen atoms in total. The molecule has 3 N–H and O–H groups in total. The number of nitrogens with zero attached hydrogens (tertiary/aromatic N) is 2. The Balaban J connectivity index is 1.48. The second kappa shape index (κ2) is 13.6. The van der Waals surface area contributed by atoms with Crippen molar-refractivity contribution < 1.29 is 23.5 Å². The molecule has 0 bridgehead atoms. The number of hydrogen-bond donors (Lipinski definition) is 3. The van der Waals surface area contributed by atoms with Crippen LogP contribution in [-0.2, 0) is 0 Å². The molecule has 2 fully saturated rings. The van der Waals surface area contributed by atoms with E-state index in [4.69, 9.17) is 16.3 Å². The van der Waals surface area contributed by atoms with Gasteiger partial charge < -0.3 is 25.6 Å². The molecule has 2 amide bonds. The first-order valence-corrected chi connectivity index (χ1v) is 15.5. The zero-order valence-electron chi connectivity index (χ0n) is 25.9. The average molecular weight is 636 g/mol. The molecule has 1 aromatic heterocycles. The molecule has 11 heteroatoms. The second-order valence-electron chi connectivity index (χ2n) is 12.7. The first-order valence-electron chi connectivity index (χ1n) is 15.2. The van der Waals surface area contributed by atoms with Crippen molar-refractivity contribution in [1.29, 1.82) is 0 Å². The van der Waals surface area contributed by atoms with Crippen LogP contribution < -0.4 is 20.7 Å². The quantitative estimate of drug-likeness (QED) is 0.294. The maximum Gasteiger partial charge on any atom is 0.415 e. The Morgan fingerprint density at radius 1 is 1.07 bits per heavy atom. The fourth-order valence-corrected chi connectivity index (χ4v) is 6.32. The van der Waals surface area contributed by atoms with Crippen molar-refractivity contribution in [1.82, 2.24) is 25.8 Å². The number of piperidine rings is 1. The summed E-state index contributed by atoms with van der Waals surface area (Å²) in [4.78, 5) is 46.9. The van der Waals surface area contributed by atoms with Gasteiger partial charge in [0.25, 0.3) is 5.91 Å². The van der Waals surface area contributed by atoms with Gasteiger partial charge in [-0.15, -0.1) is 0 Å². The standard InChI is InChI=1S/C34H39ClFN5O4/c1-34(2,3)40-32(43)25-16-23(26-18-37-19-30(26)41(4)33(44)45-22-10-8-21(36)9-11-22)24(17-27(25)35)31(42)20-12-14-39-29(15-20)28-7-5-6-13-38-28/h5-11,13,16-17,20,26,29-30,37,39H,12,14-15,18-19H2,1-4H3,(H,40,43)/t20?,26-,29?,30+/m0/s1. The van der Waals surface area contributed by atoms with E-state index in [1.54, 1.807) is 25.4 Å².